The van der Waals surface area contributed by atoms with Crippen LogP contribution in [0.1, 0.15) is 43.0 Å². The first-order chi connectivity index (χ1) is 13.5. The molecule has 3 aromatic rings. The van der Waals surface area contributed by atoms with Crippen molar-refractivity contribution in [2.75, 3.05) is 0 Å². The van der Waals surface area contributed by atoms with Crippen LogP contribution in [-0.2, 0) is 0 Å². The van der Waals surface area contributed by atoms with Crippen molar-refractivity contribution < 1.29 is 19.8 Å². The standard InChI is InChI=1S/C24H18O4/c25-23(26)21-5-1-3-19(15-21)13-11-17-7-9-18(10-8-17)12-14-20-4-2-6-22(16-20)24(27)28/h1-16H,(H,25,26)(H,27,28)/b13-11+,14-12+. The zero-order valence-electron chi connectivity index (χ0n) is 14.9. The van der Waals surface area contributed by atoms with E-state index < -0.39 is 11.9 Å². The first kappa shape index (κ1) is 18.9. The minimum atomic E-state index is -0.944. The predicted molar refractivity (Wildman–Crippen MR) is 111 cm³/mol. The molecule has 0 fully saturated rings. The highest BCUT2D eigenvalue weighted by Gasteiger charge is 2.02. The van der Waals surface area contributed by atoms with E-state index in [0.717, 1.165) is 22.3 Å². The smallest absolute Gasteiger partial charge is 0.335 e. The highest BCUT2D eigenvalue weighted by atomic mass is 16.4. The topological polar surface area (TPSA) is 74.6 Å². The summed E-state index contributed by atoms with van der Waals surface area (Å²) in [5, 5.41) is 18.1. The van der Waals surface area contributed by atoms with E-state index in [1.165, 1.54) is 0 Å². The highest BCUT2D eigenvalue weighted by molar-refractivity contribution is 5.89. The fraction of sp³-hybridized carbons (Fsp3) is 0. The second kappa shape index (κ2) is 8.64. The van der Waals surface area contributed by atoms with E-state index in [2.05, 4.69) is 0 Å². The first-order valence-electron chi connectivity index (χ1n) is 8.64. The molecule has 4 heteroatoms. The SMILES string of the molecule is O=C(O)c1cccc(/C=C/c2ccc(/C=C/c3cccc(C(=O)O)c3)cc2)c1. The fourth-order valence-electron chi connectivity index (χ4n) is 2.65. The first-order valence-corrected chi connectivity index (χ1v) is 8.64. The molecule has 138 valence electrons. The van der Waals surface area contributed by atoms with Crippen molar-refractivity contribution in [3.63, 3.8) is 0 Å². The van der Waals surface area contributed by atoms with E-state index >= 15 is 0 Å². The molecule has 0 atom stereocenters. The molecule has 0 unspecified atom stereocenters. The zero-order valence-corrected chi connectivity index (χ0v) is 14.9. The van der Waals surface area contributed by atoms with Gasteiger partial charge in [0.15, 0.2) is 0 Å². The molecular formula is C24H18O4. The van der Waals surface area contributed by atoms with Gasteiger partial charge in [0.1, 0.15) is 0 Å². The Labute approximate surface area is 162 Å². The number of carboxylic acid groups (broad SMARTS) is 2. The summed E-state index contributed by atoms with van der Waals surface area (Å²) >= 11 is 0. The van der Waals surface area contributed by atoms with Crippen LogP contribution in [0.15, 0.2) is 72.8 Å². The molecule has 0 aliphatic carbocycles. The molecule has 0 aliphatic heterocycles. The summed E-state index contributed by atoms with van der Waals surface area (Å²) < 4.78 is 0. The molecule has 4 nitrogen and oxygen atoms in total. The summed E-state index contributed by atoms with van der Waals surface area (Å²) in [5.74, 6) is -1.89. The van der Waals surface area contributed by atoms with E-state index in [-0.39, 0.29) is 11.1 Å². The van der Waals surface area contributed by atoms with Crippen molar-refractivity contribution in [2.24, 2.45) is 0 Å². The highest BCUT2D eigenvalue weighted by Crippen LogP contribution is 2.14. The monoisotopic (exact) mass is 370 g/mol. The predicted octanol–water partition coefficient (Wildman–Crippen LogP) is 5.42. The number of hydrogen-bond donors (Lipinski definition) is 2. The van der Waals surface area contributed by atoms with Crippen molar-refractivity contribution in [1.29, 1.82) is 0 Å². The summed E-state index contributed by atoms with van der Waals surface area (Å²) in [5.41, 5.74) is 4.14. The van der Waals surface area contributed by atoms with Gasteiger partial charge >= 0.3 is 11.9 Å². The number of carbonyl (C=O) groups is 2. The normalized spacial score (nSPS) is 11.1. The molecule has 3 aromatic carbocycles. The minimum absolute atomic E-state index is 0.259. The lowest BCUT2D eigenvalue weighted by Crippen LogP contribution is -1.95. The maximum absolute atomic E-state index is 11.0. The van der Waals surface area contributed by atoms with Gasteiger partial charge in [-0.1, -0.05) is 72.8 Å². The Morgan fingerprint density at radius 2 is 0.893 bits per heavy atom. The molecule has 0 heterocycles. The van der Waals surface area contributed by atoms with Crippen molar-refractivity contribution in [3.05, 3.63) is 106 Å². The summed E-state index contributed by atoms with van der Waals surface area (Å²) in [6.45, 7) is 0. The number of hydrogen-bond acceptors (Lipinski definition) is 2. The third kappa shape index (κ3) is 5.05. The van der Waals surface area contributed by atoms with Gasteiger partial charge in [-0.15, -0.1) is 0 Å². The quantitative estimate of drug-likeness (QED) is 0.568. The maximum atomic E-state index is 11.0. The summed E-state index contributed by atoms with van der Waals surface area (Å²) in [7, 11) is 0. The van der Waals surface area contributed by atoms with Crippen LogP contribution in [0.5, 0.6) is 0 Å². The largest absolute Gasteiger partial charge is 0.478 e. The minimum Gasteiger partial charge on any atom is -0.478 e. The number of carboxylic acids is 2. The van der Waals surface area contributed by atoms with Crippen molar-refractivity contribution in [2.45, 2.75) is 0 Å². The van der Waals surface area contributed by atoms with E-state index in [9.17, 15) is 9.59 Å². The molecular weight excluding hydrogens is 352 g/mol. The average molecular weight is 370 g/mol. The van der Waals surface area contributed by atoms with Gasteiger partial charge < -0.3 is 10.2 Å². The summed E-state index contributed by atoms with van der Waals surface area (Å²) in [6, 6.07) is 21.4. The number of benzene rings is 3. The third-order valence-electron chi connectivity index (χ3n) is 4.14. The van der Waals surface area contributed by atoms with Crippen LogP contribution < -0.4 is 0 Å². The molecule has 0 aliphatic rings. The van der Waals surface area contributed by atoms with Gasteiger partial charge in [0.2, 0.25) is 0 Å². The van der Waals surface area contributed by atoms with Crippen LogP contribution in [-0.4, -0.2) is 22.2 Å². The van der Waals surface area contributed by atoms with Crippen LogP contribution in [0.25, 0.3) is 24.3 Å². The van der Waals surface area contributed by atoms with Gasteiger partial charge in [0.25, 0.3) is 0 Å². The Hall–Kier alpha value is -3.92. The molecule has 3 rings (SSSR count). The Morgan fingerprint density at radius 3 is 1.25 bits per heavy atom. The zero-order chi connectivity index (χ0) is 19.9. The Kier molecular flexibility index (Phi) is 5.82. The molecule has 0 bridgehead atoms. The van der Waals surface area contributed by atoms with E-state index in [0.29, 0.717) is 0 Å². The molecule has 0 aromatic heterocycles. The van der Waals surface area contributed by atoms with Gasteiger partial charge in [-0.2, -0.15) is 0 Å². The molecule has 2 N–H and O–H groups in total. The lowest BCUT2D eigenvalue weighted by atomic mass is 10.1. The molecule has 0 saturated carbocycles. The van der Waals surface area contributed by atoms with Gasteiger partial charge in [0.05, 0.1) is 11.1 Å². The molecule has 0 saturated heterocycles. The third-order valence-corrected chi connectivity index (χ3v) is 4.14. The van der Waals surface area contributed by atoms with Crippen LogP contribution in [0.4, 0.5) is 0 Å². The van der Waals surface area contributed by atoms with Gasteiger partial charge in [-0.3, -0.25) is 0 Å². The summed E-state index contributed by atoms with van der Waals surface area (Å²) in [6.07, 6.45) is 7.58. The Bertz CT molecular complexity index is 973. The van der Waals surface area contributed by atoms with E-state index in [1.807, 2.05) is 60.7 Å². The Balaban J connectivity index is 1.70. The van der Waals surface area contributed by atoms with Crippen molar-refractivity contribution in [3.8, 4) is 0 Å². The molecule has 0 spiro atoms. The van der Waals surface area contributed by atoms with Crippen LogP contribution in [0.3, 0.4) is 0 Å². The lowest BCUT2D eigenvalue weighted by molar-refractivity contribution is 0.0686. The molecule has 0 amide bonds. The second-order valence-electron chi connectivity index (χ2n) is 6.19. The lowest BCUT2D eigenvalue weighted by Gasteiger charge is -1.99. The second-order valence-corrected chi connectivity index (χ2v) is 6.19. The molecule has 0 radical (unpaired) electrons. The molecule has 28 heavy (non-hydrogen) atoms. The van der Waals surface area contributed by atoms with Gasteiger partial charge in [-0.05, 0) is 46.5 Å². The van der Waals surface area contributed by atoms with Gasteiger partial charge in [-0.25, -0.2) is 9.59 Å². The maximum Gasteiger partial charge on any atom is 0.335 e. The van der Waals surface area contributed by atoms with Crippen molar-refractivity contribution >= 4 is 36.2 Å². The van der Waals surface area contributed by atoms with E-state index in [4.69, 9.17) is 10.2 Å². The van der Waals surface area contributed by atoms with Gasteiger partial charge in [0, 0.05) is 0 Å². The number of aromatic carboxylic acids is 2. The van der Waals surface area contributed by atoms with E-state index in [1.54, 1.807) is 36.4 Å². The summed E-state index contributed by atoms with van der Waals surface area (Å²) in [4.78, 5) is 22.0. The van der Waals surface area contributed by atoms with Crippen molar-refractivity contribution in [1.82, 2.24) is 0 Å². The van der Waals surface area contributed by atoms with Crippen LogP contribution in [0, 0.1) is 0 Å². The number of rotatable bonds is 6. The van der Waals surface area contributed by atoms with Crippen LogP contribution >= 0.6 is 0 Å². The van der Waals surface area contributed by atoms with Crippen LogP contribution in [0.2, 0.25) is 0 Å². The Morgan fingerprint density at radius 1 is 0.536 bits per heavy atom. The fourth-order valence-corrected chi connectivity index (χ4v) is 2.65. The average Bonchev–Trinajstić information content (AvgIpc) is 2.72.